The summed E-state index contributed by atoms with van der Waals surface area (Å²) in [5.41, 5.74) is 0. The Labute approximate surface area is 125 Å². The van der Waals surface area contributed by atoms with Crippen LogP contribution in [0.1, 0.15) is 90.9 Å². The third-order valence-electron chi connectivity index (χ3n) is 5.89. The van der Waals surface area contributed by atoms with Gasteiger partial charge in [-0.3, -0.25) is 4.79 Å². The van der Waals surface area contributed by atoms with Gasteiger partial charge in [-0.05, 0) is 63.2 Å². The summed E-state index contributed by atoms with van der Waals surface area (Å²) < 4.78 is 0. The van der Waals surface area contributed by atoms with E-state index in [1.165, 1.54) is 77.0 Å². The van der Waals surface area contributed by atoms with Gasteiger partial charge in [-0.1, -0.05) is 39.5 Å². The highest BCUT2D eigenvalue weighted by Gasteiger charge is 2.32. The lowest BCUT2D eigenvalue weighted by Gasteiger charge is -2.33. The van der Waals surface area contributed by atoms with Gasteiger partial charge in [-0.25, -0.2) is 0 Å². The molecule has 0 heterocycles. The summed E-state index contributed by atoms with van der Waals surface area (Å²) in [4.78, 5) is 12.7. The molecule has 2 aliphatic carbocycles. The van der Waals surface area contributed by atoms with Gasteiger partial charge in [0.05, 0.1) is 0 Å². The molecular formula is C19H34O. The van der Waals surface area contributed by atoms with Crippen LogP contribution in [-0.4, -0.2) is 5.78 Å². The zero-order valence-corrected chi connectivity index (χ0v) is 13.7. The summed E-state index contributed by atoms with van der Waals surface area (Å²) in [5, 5.41) is 0. The maximum atomic E-state index is 12.7. The first-order chi connectivity index (χ1) is 9.74. The van der Waals surface area contributed by atoms with Crippen molar-refractivity contribution in [2.45, 2.75) is 90.9 Å². The maximum absolute atomic E-state index is 12.7. The molecule has 2 rings (SSSR count). The molecule has 0 radical (unpaired) electrons. The molecule has 0 aromatic heterocycles. The monoisotopic (exact) mass is 278 g/mol. The Morgan fingerprint density at radius 1 is 0.700 bits per heavy atom. The van der Waals surface area contributed by atoms with Crippen LogP contribution < -0.4 is 0 Å². The predicted octanol–water partition coefficient (Wildman–Crippen LogP) is 5.77. The van der Waals surface area contributed by atoms with Crippen molar-refractivity contribution in [1.82, 2.24) is 0 Å². The van der Waals surface area contributed by atoms with Crippen LogP contribution in [0.5, 0.6) is 0 Å². The van der Waals surface area contributed by atoms with Gasteiger partial charge in [-0.15, -0.1) is 0 Å². The van der Waals surface area contributed by atoms with Crippen molar-refractivity contribution >= 4 is 5.78 Å². The number of ketones is 1. The summed E-state index contributed by atoms with van der Waals surface area (Å²) in [6.07, 6.45) is 15.4. The van der Waals surface area contributed by atoms with Crippen molar-refractivity contribution < 1.29 is 4.79 Å². The van der Waals surface area contributed by atoms with E-state index < -0.39 is 0 Å². The molecule has 0 N–H and O–H groups in total. The Morgan fingerprint density at radius 3 is 1.35 bits per heavy atom. The Bertz CT molecular complexity index is 252. The zero-order chi connectivity index (χ0) is 14.4. The topological polar surface area (TPSA) is 17.1 Å². The van der Waals surface area contributed by atoms with Crippen molar-refractivity contribution in [2.75, 3.05) is 0 Å². The minimum absolute atomic E-state index is 0.427. The molecule has 0 unspecified atom stereocenters. The van der Waals surface area contributed by atoms with Gasteiger partial charge in [0.15, 0.2) is 0 Å². The lowest BCUT2D eigenvalue weighted by molar-refractivity contribution is -0.129. The molecule has 0 aliphatic heterocycles. The highest BCUT2D eigenvalue weighted by Crippen LogP contribution is 2.38. The standard InChI is InChI=1S/C19H34O/c1-3-5-15-7-11-17(12-8-15)19(20)18-13-9-16(6-4-2)10-14-18/h15-18H,3-14H2,1-2H3. The lowest BCUT2D eigenvalue weighted by Crippen LogP contribution is -2.30. The number of carbonyl (C=O) groups excluding carboxylic acids is 1. The number of Topliss-reactive ketones (excluding diaryl/α,β-unsaturated/α-hetero) is 1. The maximum Gasteiger partial charge on any atom is 0.139 e. The molecule has 1 heteroatoms. The highest BCUT2D eigenvalue weighted by atomic mass is 16.1. The van der Waals surface area contributed by atoms with Crippen molar-refractivity contribution in [2.24, 2.45) is 23.7 Å². The molecule has 116 valence electrons. The minimum atomic E-state index is 0.427. The van der Waals surface area contributed by atoms with Gasteiger partial charge in [0.1, 0.15) is 5.78 Å². The van der Waals surface area contributed by atoms with E-state index in [0.717, 1.165) is 11.8 Å². The fraction of sp³-hybridized carbons (Fsp3) is 0.947. The summed E-state index contributed by atoms with van der Waals surface area (Å²) in [6.45, 7) is 4.57. The van der Waals surface area contributed by atoms with Gasteiger partial charge in [-0.2, -0.15) is 0 Å². The van der Waals surface area contributed by atoms with Gasteiger partial charge in [0, 0.05) is 11.8 Å². The molecule has 0 amide bonds. The summed E-state index contributed by atoms with van der Waals surface area (Å²) >= 11 is 0. The Balaban J connectivity index is 1.73. The van der Waals surface area contributed by atoms with Gasteiger partial charge in [0.2, 0.25) is 0 Å². The molecule has 0 aromatic rings. The van der Waals surface area contributed by atoms with Crippen LogP contribution >= 0.6 is 0 Å². The quantitative estimate of drug-likeness (QED) is 0.603. The van der Waals surface area contributed by atoms with Crippen LogP contribution in [0.25, 0.3) is 0 Å². The van der Waals surface area contributed by atoms with Gasteiger partial charge < -0.3 is 0 Å². The summed E-state index contributed by atoms with van der Waals surface area (Å²) in [5.74, 6) is 3.34. The first-order valence-corrected chi connectivity index (χ1v) is 9.28. The molecule has 0 saturated heterocycles. The van der Waals surface area contributed by atoms with Gasteiger partial charge in [0.25, 0.3) is 0 Å². The Kier molecular flexibility index (Phi) is 6.58. The molecule has 2 aliphatic rings. The number of hydrogen-bond acceptors (Lipinski definition) is 1. The van der Waals surface area contributed by atoms with Crippen LogP contribution in [0.15, 0.2) is 0 Å². The van der Waals surface area contributed by atoms with Gasteiger partial charge >= 0.3 is 0 Å². The van der Waals surface area contributed by atoms with Crippen LogP contribution in [0.4, 0.5) is 0 Å². The van der Waals surface area contributed by atoms with E-state index in [2.05, 4.69) is 13.8 Å². The van der Waals surface area contributed by atoms with E-state index in [-0.39, 0.29) is 0 Å². The normalized spacial score (nSPS) is 34.9. The number of rotatable bonds is 6. The molecule has 0 bridgehead atoms. The van der Waals surface area contributed by atoms with Crippen LogP contribution in [0, 0.1) is 23.7 Å². The average molecular weight is 278 g/mol. The SMILES string of the molecule is CCCC1CCC(C(=O)C2CCC(CCC)CC2)CC1. The van der Waals surface area contributed by atoms with Crippen LogP contribution in [0.2, 0.25) is 0 Å². The zero-order valence-electron chi connectivity index (χ0n) is 13.7. The van der Waals surface area contributed by atoms with E-state index in [9.17, 15) is 4.79 Å². The predicted molar refractivity (Wildman–Crippen MR) is 85.7 cm³/mol. The van der Waals surface area contributed by atoms with E-state index in [1.54, 1.807) is 0 Å². The second kappa shape index (κ2) is 8.20. The summed E-state index contributed by atoms with van der Waals surface area (Å²) in [7, 11) is 0. The second-order valence-corrected chi connectivity index (χ2v) is 7.42. The first kappa shape index (κ1) is 16.0. The van der Waals surface area contributed by atoms with Crippen molar-refractivity contribution in [3.63, 3.8) is 0 Å². The number of carbonyl (C=O) groups is 1. The summed E-state index contributed by atoms with van der Waals surface area (Å²) in [6, 6.07) is 0. The third-order valence-corrected chi connectivity index (χ3v) is 5.89. The highest BCUT2D eigenvalue weighted by molar-refractivity contribution is 5.83. The van der Waals surface area contributed by atoms with Crippen LogP contribution in [0.3, 0.4) is 0 Å². The molecular weight excluding hydrogens is 244 g/mol. The van der Waals surface area contributed by atoms with E-state index in [0.29, 0.717) is 17.6 Å². The molecule has 1 nitrogen and oxygen atoms in total. The molecule has 0 atom stereocenters. The second-order valence-electron chi connectivity index (χ2n) is 7.42. The molecule has 0 aromatic carbocycles. The fourth-order valence-electron chi connectivity index (χ4n) is 4.62. The largest absolute Gasteiger partial charge is 0.299 e. The van der Waals surface area contributed by atoms with E-state index in [1.807, 2.05) is 0 Å². The molecule has 2 fully saturated rings. The number of hydrogen-bond donors (Lipinski definition) is 0. The van der Waals surface area contributed by atoms with Crippen LogP contribution in [-0.2, 0) is 4.79 Å². The Morgan fingerprint density at radius 2 is 1.05 bits per heavy atom. The van der Waals surface area contributed by atoms with E-state index >= 15 is 0 Å². The van der Waals surface area contributed by atoms with Crippen molar-refractivity contribution in [3.8, 4) is 0 Å². The van der Waals surface area contributed by atoms with Crippen molar-refractivity contribution in [3.05, 3.63) is 0 Å². The minimum Gasteiger partial charge on any atom is -0.299 e. The van der Waals surface area contributed by atoms with E-state index in [4.69, 9.17) is 0 Å². The smallest absolute Gasteiger partial charge is 0.139 e. The molecule has 20 heavy (non-hydrogen) atoms. The third kappa shape index (κ3) is 4.33. The average Bonchev–Trinajstić information content (AvgIpc) is 2.49. The fourth-order valence-corrected chi connectivity index (χ4v) is 4.62. The van der Waals surface area contributed by atoms with Crippen molar-refractivity contribution in [1.29, 1.82) is 0 Å². The molecule has 2 saturated carbocycles. The molecule has 0 spiro atoms. The first-order valence-electron chi connectivity index (χ1n) is 9.28. The Hall–Kier alpha value is -0.330. The lowest BCUT2D eigenvalue weighted by atomic mass is 9.71.